The Hall–Kier alpha value is -1.00. The normalized spacial score (nSPS) is 30.8. The summed E-state index contributed by atoms with van der Waals surface area (Å²) in [4.78, 5) is 0. The van der Waals surface area contributed by atoms with Crippen molar-refractivity contribution in [2.45, 2.75) is 12.2 Å². The van der Waals surface area contributed by atoms with Gasteiger partial charge in [-0.2, -0.15) is 0 Å². The number of aliphatic hydroxyl groups excluding tert-OH is 3. The van der Waals surface area contributed by atoms with Crippen LogP contribution in [0, 0.1) is 0 Å². The summed E-state index contributed by atoms with van der Waals surface area (Å²) in [5, 5.41) is 27.3. The molecule has 0 heterocycles. The van der Waals surface area contributed by atoms with E-state index in [0.717, 1.165) is 0 Å². The Kier molecular flexibility index (Phi) is 2.16. The van der Waals surface area contributed by atoms with E-state index >= 15 is 0 Å². The summed E-state index contributed by atoms with van der Waals surface area (Å²) in [7, 11) is 1.32. The number of hydrogen-bond donors (Lipinski definition) is 3. The van der Waals surface area contributed by atoms with Gasteiger partial charge in [0.15, 0.2) is 11.5 Å². The molecule has 0 amide bonds. The zero-order valence-corrected chi connectivity index (χ0v) is 6.06. The third-order valence-corrected chi connectivity index (χ3v) is 1.52. The summed E-state index contributed by atoms with van der Waals surface area (Å²) in [6, 6.07) is 0. The van der Waals surface area contributed by atoms with Crippen molar-refractivity contribution >= 4 is 0 Å². The molecule has 62 valence electrons. The SMILES string of the molecule is COC1=C(O)C=C[C@H](O)[C@@H]1O. The molecule has 3 N–H and O–H groups in total. The van der Waals surface area contributed by atoms with Gasteiger partial charge in [0, 0.05) is 0 Å². The highest BCUT2D eigenvalue weighted by molar-refractivity contribution is 5.26. The van der Waals surface area contributed by atoms with Crippen LogP contribution in [0.5, 0.6) is 0 Å². The van der Waals surface area contributed by atoms with Crippen LogP contribution in [-0.2, 0) is 4.74 Å². The minimum absolute atomic E-state index is 0.000000000000000222. The monoisotopic (exact) mass is 158 g/mol. The summed E-state index contributed by atoms with van der Waals surface area (Å²) in [5.74, 6) is -0.148. The van der Waals surface area contributed by atoms with Crippen molar-refractivity contribution in [3.63, 3.8) is 0 Å². The van der Waals surface area contributed by atoms with Gasteiger partial charge in [-0.25, -0.2) is 0 Å². The van der Waals surface area contributed by atoms with E-state index in [0.29, 0.717) is 0 Å². The lowest BCUT2D eigenvalue weighted by Crippen LogP contribution is -2.30. The zero-order valence-electron chi connectivity index (χ0n) is 6.06. The molecule has 0 saturated heterocycles. The zero-order chi connectivity index (χ0) is 8.43. The molecule has 1 rings (SSSR count). The van der Waals surface area contributed by atoms with E-state index in [2.05, 4.69) is 4.74 Å². The van der Waals surface area contributed by atoms with Gasteiger partial charge in [0.1, 0.15) is 12.2 Å². The Morgan fingerprint density at radius 3 is 2.55 bits per heavy atom. The Morgan fingerprint density at radius 1 is 1.45 bits per heavy atom. The smallest absolute Gasteiger partial charge is 0.169 e. The van der Waals surface area contributed by atoms with E-state index in [4.69, 9.17) is 15.3 Å². The van der Waals surface area contributed by atoms with Crippen LogP contribution in [0.1, 0.15) is 0 Å². The van der Waals surface area contributed by atoms with Gasteiger partial charge in [0.05, 0.1) is 7.11 Å². The molecule has 0 aromatic rings. The largest absolute Gasteiger partial charge is 0.504 e. The van der Waals surface area contributed by atoms with E-state index in [1.165, 1.54) is 19.3 Å². The van der Waals surface area contributed by atoms with Crippen LogP contribution in [0.2, 0.25) is 0 Å². The van der Waals surface area contributed by atoms with Gasteiger partial charge in [-0.3, -0.25) is 0 Å². The number of methoxy groups -OCH3 is 1. The lowest BCUT2D eigenvalue weighted by Gasteiger charge is -2.20. The predicted molar refractivity (Wildman–Crippen MR) is 37.8 cm³/mol. The molecule has 0 unspecified atom stereocenters. The van der Waals surface area contributed by atoms with Gasteiger partial charge >= 0.3 is 0 Å². The van der Waals surface area contributed by atoms with Crippen LogP contribution in [0.4, 0.5) is 0 Å². The van der Waals surface area contributed by atoms with Crippen molar-refractivity contribution in [3.8, 4) is 0 Å². The number of ether oxygens (including phenoxy) is 1. The third kappa shape index (κ3) is 1.36. The summed E-state index contributed by atoms with van der Waals surface area (Å²) >= 11 is 0. The molecule has 11 heavy (non-hydrogen) atoms. The number of rotatable bonds is 1. The molecule has 0 saturated carbocycles. The van der Waals surface area contributed by atoms with Gasteiger partial charge in [-0.05, 0) is 12.2 Å². The van der Waals surface area contributed by atoms with Crippen LogP contribution in [0.15, 0.2) is 23.7 Å². The van der Waals surface area contributed by atoms with Crippen LogP contribution in [0.3, 0.4) is 0 Å². The first-order valence-electron chi connectivity index (χ1n) is 3.18. The Morgan fingerprint density at radius 2 is 2.09 bits per heavy atom. The lowest BCUT2D eigenvalue weighted by molar-refractivity contribution is 0.0267. The summed E-state index contributed by atoms with van der Waals surface area (Å²) in [5.41, 5.74) is 0. The molecule has 0 radical (unpaired) electrons. The molecule has 0 bridgehead atoms. The highest BCUT2D eigenvalue weighted by Crippen LogP contribution is 2.18. The van der Waals surface area contributed by atoms with Crippen molar-refractivity contribution < 1.29 is 20.1 Å². The average Bonchev–Trinajstić information content (AvgIpc) is 1.99. The van der Waals surface area contributed by atoms with Crippen molar-refractivity contribution in [1.82, 2.24) is 0 Å². The minimum Gasteiger partial charge on any atom is -0.504 e. The minimum atomic E-state index is -1.16. The molecule has 0 aromatic heterocycles. The standard InChI is InChI=1S/C7H10O4/c1-11-7-5(9)3-2-4(8)6(7)10/h2-4,6,8-10H,1H3/t4-,6-/m0/s1. The van der Waals surface area contributed by atoms with E-state index < -0.39 is 12.2 Å². The molecule has 0 spiro atoms. The molecule has 1 aliphatic carbocycles. The van der Waals surface area contributed by atoms with Crippen LogP contribution in [0.25, 0.3) is 0 Å². The van der Waals surface area contributed by atoms with Gasteiger partial charge in [-0.1, -0.05) is 0 Å². The molecule has 1 aliphatic rings. The van der Waals surface area contributed by atoms with Crippen LogP contribution < -0.4 is 0 Å². The number of allylic oxidation sites excluding steroid dienone is 1. The second kappa shape index (κ2) is 2.94. The second-order valence-corrected chi connectivity index (χ2v) is 2.25. The topological polar surface area (TPSA) is 69.9 Å². The van der Waals surface area contributed by atoms with Gasteiger partial charge < -0.3 is 20.1 Å². The van der Waals surface area contributed by atoms with E-state index in [1.54, 1.807) is 0 Å². The first-order valence-corrected chi connectivity index (χ1v) is 3.18. The molecule has 0 aliphatic heterocycles. The average molecular weight is 158 g/mol. The van der Waals surface area contributed by atoms with Gasteiger partial charge in [0.2, 0.25) is 0 Å². The molecule has 2 atom stereocenters. The maximum atomic E-state index is 9.16. The maximum Gasteiger partial charge on any atom is 0.169 e. The summed E-state index contributed by atoms with van der Waals surface area (Å²) in [6.45, 7) is 0. The predicted octanol–water partition coefficient (Wildman–Crippen LogP) is -0.306. The van der Waals surface area contributed by atoms with E-state index in [9.17, 15) is 0 Å². The highest BCUT2D eigenvalue weighted by atomic mass is 16.5. The fourth-order valence-corrected chi connectivity index (χ4v) is 0.909. The quantitative estimate of drug-likeness (QED) is 0.489. The highest BCUT2D eigenvalue weighted by Gasteiger charge is 2.25. The first-order chi connectivity index (χ1) is 5.16. The molecule has 4 nitrogen and oxygen atoms in total. The maximum absolute atomic E-state index is 9.16. The molecule has 4 heteroatoms. The summed E-state index contributed by atoms with van der Waals surface area (Å²) < 4.78 is 4.65. The van der Waals surface area contributed by atoms with Crippen molar-refractivity contribution in [2.24, 2.45) is 0 Å². The van der Waals surface area contributed by atoms with Gasteiger partial charge in [-0.15, -0.1) is 0 Å². The van der Waals surface area contributed by atoms with Crippen molar-refractivity contribution in [2.75, 3.05) is 7.11 Å². The van der Waals surface area contributed by atoms with Crippen molar-refractivity contribution in [1.29, 1.82) is 0 Å². The fraction of sp³-hybridized carbons (Fsp3) is 0.429. The summed E-state index contributed by atoms with van der Waals surface area (Å²) in [6.07, 6.45) is 0.421. The molecule has 0 aromatic carbocycles. The fourth-order valence-electron chi connectivity index (χ4n) is 0.909. The van der Waals surface area contributed by atoms with E-state index in [1.807, 2.05) is 0 Å². The van der Waals surface area contributed by atoms with Crippen molar-refractivity contribution in [3.05, 3.63) is 23.7 Å². The lowest BCUT2D eigenvalue weighted by atomic mass is 10.1. The number of hydrogen-bond acceptors (Lipinski definition) is 4. The van der Waals surface area contributed by atoms with E-state index in [-0.39, 0.29) is 11.5 Å². The molecular formula is C7H10O4. The number of aliphatic hydroxyl groups is 3. The molecular weight excluding hydrogens is 148 g/mol. The van der Waals surface area contributed by atoms with Crippen LogP contribution in [-0.4, -0.2) is 34.6 Å². The second-order valence-electron chi connectivity index (χ2n) is 2.25. The third-order valence-electron chi connectivity index (χ3n) is 1.52. The first kappa shape index (κ1) is 8.10. The Bertz CT molecular complexity index is 206. The van der Waals surface area contributed by atoms with Crippen LogP contribution >= 0.6 is 0 Å². The Labute approximate surface area is 64.0 Å². The molecule has 0 fully saturated rings. The van der Waals surface area contributed by atoms with Gasteiger partial charge in [0.25, 0.3) is 0 Å². The Balaban J connectivity index is 2.89.